The van der Waals surface area contributed by atoms with Gasteiger partial charge in [0.2, 0.25) is 5.92 Å². The van der Waals surface area contributed by atoms with E-state index in [-0.39, 0.29) is 18.8 Å². The van der Waals surface area contributed by atoms with Gasteiger partial charge < -0.3 is 14.2 Å². The third kappa shape index (κ3) is 3.68. The van der Waals surface area contributed by atoms with Crippen LogP contribution < -0.4 is 0 Å². The lowest BCUT2D eigenvalue weighted by Gasteiger charge is -2.28. The number of carboxylic acid groups (broad SMARTS) is 1. The van der Waals surface area contributed by atoms with Crippen LogP contribution in [0.3, 0.4) is 0 Å². The van der Waals surface area contributed by atoms with Gasteiger partial charge in [0.1, 0.15) is 0 Å². The number of hydrogen-bond acceptors (Lipinski definition) is 2. The van der Waals surface area contributed by atoms with Crippen molar-refractivity contribution in [1.29, 1.82) is 0 Å². The lowest BCUT2D eigenvalue weighted by molar-refractivity contribution is -0.0456. The van der Waals surface area contributed by atoms with Crippen LogP contribution in [0.1, 0.15) is 47.3 Å². The Morgan fingerprint density at radius 2 is 2.08 bits per heavy atom. The SMILES string of the molecule is COCCc1c(CC2CCC(F)(F)CC2)c(C(=O)O)c2ccccn12. The van der Waals surface area contributed by atoms with Crippen molar-refractivity contribution in [3.05, 3.63) is 41.2 Å². The molecule has 0 saturated heterocycles. The highest BCUT2D eigenvalue weighted by Crippen LogP contribution is 2.39. The number of alkyl halides is 2. The molecule has 0 bridgehead atoms. The number of rotatable bonds is 6. The van der Waals surface area contributed by atoms with Crippen LogP contribution in [0, 0.1) is 5.92 Å². The largest absolute Gasteiger partial charge is 0.478 e. The molecule has 1 aliphatic carbocycles. The van der Waals surface area contributed by atoms with Crippen molar-refractivity contribution in [2.24, 2.45) is 5.92 Å². The van der Waals surface area contributed by atoms with Crippen LogP contribution in [0.2, 0.25) is 0 Å². The number of halogens is 2. The zero-order valence-corrected chi connectivity index (χ0v) is 14.3. The molecule has 1 N–H and O–H groups in total. The van der Waals surface area contributed by atoms with Gasteiger partial charge in [0.15, 0.2) is 0 Å². The molecule has 1 saturated carbocycles. The molecule has 6 heteroatoms. The summed E-state index contributed by atoms with van der Waals surface area (Å²) in [7, 11) is 1.61. The first-order chi connectivity index (χ1) is 11.9. The minimum absolute atomic E-state index is 0.0939. The van der Waals surface area contributed by atoms with Gasteiger partial charge in [-0.1, -0.05) is 6.07 Å². The summed E-state index contributed by atoms with van der Waals surface area (Å²) in [5, 5.41) is 9.75. The fraction of sp³-hybridized carbons (Fsp3) is 0.526. The molecule has 0 atom stereocenters. The fourth-order valence-corrected chi connectivity index (χ4v) is 3.85. The lowest BCUT2D eigenvalue weighted by Crippen LogP contribution is -2.26. The predicted molar refractivity (Wildman–Crippen MR) is 90.5 cm³/mol. The first-order valence-corrected chi connectivity index (χ1v) is 8.64. The van der Waals surface area contributed by atoms with Gasteiger partial charge in [-0.2, -0.15) is 0 Å². The number of ether oxygens (including phenoxy) is 1. The van der Waals surface area contributed by atoms with E-state index in [1.165, 1.54) is 0 Å². The van der Waals surface area contributed by atoms with Crippen molar-refractivity contribution in [3.63, 3.8) is 0 Å². The minimum Gasteiger partial charge on any atom is -0.478 e. The molecular weight excluding hydrogens is 328 g/mol. The van der Waals surface area contributed by atoms with E-state index in [4.69, 9.17) is 4.74 Å². The Bertz CT molecular complexity index is 759. The number of aromatic carboxylic acids is 1. The Hall–Kier alpha value is -1.95. The van der Waals surface area contributed by atoms with Crippen molar-refractivity contribution in [2.45, 2.75) is 44.4 Å². The molecule has 2 heterocycles. The van der Waals surface area contributed by atoms with E-state index in [0.29, 0.717) is 43.4 Å². The lowest BCUT2D eigenvalue weighted by atomic mass is 9.82. The molecule has 0 aliphatic heterocycles. The van der Waals surface area contributed by atoms with Crippen LogP contribution in [0.4, 0.5) is 8.78 Å². The van der Waals surface area contributed by atoms with Gasteiger partial charge in [0.05, 0.1) is 17.7 Å². The molecule has 1 aliphatic rings. The highest BCUT2D eigenvalue weighted by Gasteiger charge is 2.36. The molecule has 2 aromatic heterocycles. The van der Waals surface area contributed by atoms with Crippen molar-refractivity contribution in [2.75, 3.05) is 13.7 Å². The number of nitrogens with zero attached hydrogens (tertiary/aromatic N) is 1. The van der Waals surface area contributed by atoms with Gasteiger partial charge in [-0.05, 0) is 42.9 Å². The van der Waals surface area contributed by atoms with Crippen LogP contribution >= 0.6 is 0 Å². The summed E-state index contributed by atoms with van der Waals surface area (Å²) in [5.41, 5.74) is 2.62. The number of fused-ring (bicyclic) bond motifs is 1. The average molecular weight is 351 g/mol. The molecule has 0 aromatic carbocycles. The Balaban J connectivity index is 1.99. The normalized spacial score (nSPS) is 17.9. The highest BCUT2D eigenvalue weighted by atomic mass is 19.3. The number of pyridine rings is 1. The summed E-state index contributed by atoms with van der Waals surface area (Å²) in [4.78, 5) is 11.9. The maximum absolute atomic E-state index is 13.4. The summed E-state index contributed by atoms with van der Waals surface area (Å²) in [6, 6.07) is 5.46. The highest BCUT2D eigenvalue weighted by molar-refractivity contribution is 5.98. The molecule has 136 valence electrons. The van der Waals surface area contributed by atoms with Gasteiger partial charge in [-0.3, -0.25) is 0 Å². The summed E-state index contributed by atoms with van der Waals surface area (Å²) < 4.78 is 33.9. The van der Waals surface area contributed by atoms with Gasteiger partial charge in [0.25, 0.3) is 0 Å². The van der Waals surface area contributed by atoms with Crippen LogP contribution in [-0.4, -0.2) is 35.1 Å². The monoisotopic (exact) mass is 351 g/mol. The van der Waals surface area contributed by atoms with E-state index >= 15 is 0 Å². The molecule has 0 unspecified atom stereocenters. The standard InChI is InChI=1S/C19H23F2NO3/c1-25-11-7-15-14(12-13-5-8-19(20,21)9-6-13)17(18(23)24)16-4-2-3-10-22(15)16/h2-4,10,13H,5-9,11-12H2,1H3,(H,23,24). The van der Waals surface area contributed by atoms with E-state index in [1.807, 2.05) is 22.7 Å². The maximum Gasteiger partial charge on any atom is 0.338 e. The minimum atomic E-state index is -2.57. The van der Waals surface area contributed by atoms with Crippen LogP contribution in [0.25, 0.3) is 5.52 Å². The number of carboxylic acids is 1. The van der Waals surface area contributed by atoms with Gasteiger partial charge in [0, 0.05) is 38.3 Å². The van der Waals surface area contributed by atoms with Crippen molar-refractivity contribution < 1.29 is 23.4 Å². The molecule has 0 radical (unpaired) electrons. The molecule has 3 rings (SSSR count). The van der Waals surface area contributed by atoms with Gasteiger partial charge in [-0.25, -0.2) is 13.6 Å². The second kappa shape index (κ2) is 7.12. The zero-order valence-electron chi connectivity index (χ0n) is 14.3. The van der Waals surface area contributed by atoms with E-state index in [1.54, 1.807) is 13.2 Å². The zero-order chi connectivity index (χ0) is 18.0. The molecule has 0 amide bonds. The first kappa shape index (κ1) is 17.9. The van der Waals surface area contributed by atoms with E-state index in [9.17, 15) is 18.7 Å². The number of methoxy groups -OCH3 is 1. The predicted octanol–water partition coefficient (Wildman–Crippen LogP) is 4.19. The second-order valence-electron chi connectivity index (χ2n) is 6.81. The maximum atomic E-state index is 13.4. The van der Waals surface area contributed by atoms with Crippen LogP contribution in [0.5, 0.6) is 0 Å². The summed E-state index contributed by atoms with van der Waals surface area (Å²) in [5.74, 6) is -3.45. The molecule has 0 spiro atoms. The first-order valence-electron chi connectivity index (χ1n) is 8.64. The summed E-state index contributed by atoms with van der Waals surface area (Å²) in [6.45, 7) is 0.482. The Morgan fingerprint density at radius 3 is 2.72 bits per heavy atom. The third-order valence-electron chi connectivity index (χ3n) is 5.14. The van der Waals surface area contributed by atoms with Crippen LogP contribution in [-0.2, 0) is 17.6 Å². The summed E-state index contributed by atoms with van der Waals surface area (Å²) in [6.07, 6.45) is 3.61. The Kier molecular flexibility index (Phi) is 5.08. The molecule has 4 nitrogen and oxygen atoms in total. The topological polar surface area (TPSA) is 50.9 Å². The number of carbonyl (C=O) groups is 1. The molecule has 25 heavy (non-hydrogen) atoms. The van der Waals surface area contributed by atoms with E-state index in [2.05, 4.69) is 0 Å². The number of aromatic nitrogens is 1. The van der Waals surface area contributed by atoms with Crippen molar-refractivity contribution >= 4 is 11.5 Å². The average Bonchev–Trinajstić information content (AvgIpc) is 2.88. The van der Waals surface area contributed by atoms with Gasteiger partial charge >= 0.3 is 5.97 Å². The summed E-state index contributed by atoms with van der Waals surface area (Å²) >= 11 is 0. The molecule has 1 fully saturated rings. The van der Waals surface area contributed by atoms with Crippen molar-refractivity contribution in [3.8, 4) is 0 Å². The van der Waals surface area contributed by atoms with Crippen LogP contribution in [0.15, 0.2) is 24.4 Å². The Morgan fingerprint density at radius 1 is 1.36 bits per heavy atom. The quantitative estimate of drug-likeness (QED) is 0.849. The van der Waals surface area contributed by atoms with Crippen molar-refractivity contribution in [1.82, 2.24) is 4.40 Å². The second-order valence-corrected chi connectivity index (χ2v) is 6.81. The fourth-order valence-electron chi connectivity index (χ4n) is 3.85. The Labute approximate surface area is 145 Å². The molecule has 2 aromatic rings. The van der Waals surface area contributed by atoms with Gasteiger partial charge in [-0.15, -0.1) is 0 Å². The molecular formula is C19H23F2NO3. The third-order valence-corrected chi connectivity index (χ3v) is 5.14. The number of hydrogen-bond donors (Lipinski definition) is 1. The van der Waals surface area contributed by atoms with E-state index in [0.717, 1.165) is 11.3 Å². The smallest absolute Gasteiger partial charge is 0.338 e. The van der Waals surface area contributed by atoms with E-state index < -0.39 is 11.9 Å².